The predicted molar refractivity (Wildman–Crippen MR) is 129 cm³/mol. The molecule has 0 fully saturated rings. The molecule has 0 heterocycles. The second-order valence-electron chi connectivity index (χ2n) is 7.08. The highest BCUT2D eigenvalue weighted by molar-refractivity contribution is 8.01. The van der Waals surface area contributed by atoms with Crippen LogP contribution in [0.1, 0.15) is 6.92 Å². The van der Waals surface area contributed by atoms with Crippen LogP contribution in [0.15, 0.2) is 78.9 Å². The minimum absolute atomic E-state index is 0.00988. The average Bonchev–Trinajstić information content (AvgIpc) is 2.84. The van der Waals surface area contributed by atoms with Gasteiger partial charge in [0.15, 0.2) is 12.4 Å². The Morgan fingerprint density at radius 2 is 1.56 bits per heavy atom. The fourth-order valence-corrected chi connectivity index (χ4v) is 3.39. The second kappa shape index (κ2) is 12.4. The topological polar surface area (TPSA) is 93.7 Å². The number of hydrogen-bond acceptors (Lipinski definition) is 6. The molecule has 3 rings (SSSR count). The highest BCUT2D eigenvalue weighted by Crippen LogP contribution is 2.29. The van der Waals surface area contributed by atoms with Crippen LogP contribution in [0.4, 0.5) is 15.8 Å². The number of hydrogen-bond donors (Lipinski definition) is 2. The molecule has 0 aliphatic carbocycles. The molecule has 0 spiro atoms. The number of benzene rings is 3. The Labute approximate surface area is 200 Å². The first kappa shape index (κ1) is 24.8. The summed E-state index contributed by atoms with van der Waals surface area (Å²) in [5, 5.41) is 4.61. The van der Waals surface area contributed by atoms with Crippen molar-refractivity contribution >= 4 is 40.9 Å². The van der Waals surface area contributed by atoms with Gasteiger partial charge in [-0.05, 0) is 55.5 Å². The van der Waals surface area contributed by atoms with E-state index >= 15 is 0 Å². The van der Waals surface area contributed by atoms with Gasteiger partial charge in [0.25, 0.3) is 5.91 Å². The highest BCUT2D eigenvalue weighted by Gasteiger charge is 2.18. The van der Waals surface area contributed by atoms with Crippen molar-refractivity contribution in [3.63, 3.8) is 0 Å². The Morgan fingerprint density at radius 3 is 2.29 bits per heavy atom. The molecule has 9 heteroatoms. The van der Waals surface area contributed by atoms with Crippen LogP contribution in [0, 0.1) is 5.82 Å². The third-order valence-corrected chi connectivity index (χ3v) is 5.52. The summed E-state index contributed by atoms with van der Waals surface area (Å²) in [7, 11) is 0. The minimum atomic E-state index is -0.666. The predicted octanol–water partition coefficient (Wildman–Crippen LogP) is 4.86. The Morgan fingerprint density at radius 1 is 0.882 bits per heavy atom. The standard InChI is InChI=1S/C25H23FN2O5S/c1-17(34-16-24(30)27-19-13-11-18(26)12-14-19)25(31)32-15-23(29)28-21-9-5-6-10-22(21)33-20-7-3-2-4-8-20/h2-14,17H,15-16H2,1H3,(H,27,30)(H,28,29). The molecule has 0 saturated carbocycles. The summed E-state index contributed by atoms with van der Waals surface area (Å²) in [6.07, 6.45) is 0. The van der Waals surface area contributed by atoms with E-state index in [2.05, 4.69) is 10.6 Å². The molecule has 176 valence electrons. The summed E-state index contributed by atoms with van der Waals surface area (Å²) >= 11 is 1.06. The van der Waals surface area contributed by atoms with Crippen molar-refractivity contribution < 1.29 is 28.2 Å². The molecule has 0 aliphatic rings. The van der Waals surface area contributed by atoms with Crippen LogP contribution in [0.5, 0.6) is 11.5 Å². The van der Waals surface area contributed by atoms with Gasteiger partial charge >= 0.3 is 5.97 Å². The molecule has 1 unspecified atom stereocenters. The van der Waals surface area contributed by atoms with Gasteiger partial charge < -0.3 is 20.1 Å². The van der Waals surface area contributed by atoms with Crippen molar-refractivity contribution in [1.29, 1.82) is 0 Å². The minimum Gasteiger partial charge on any atom is -0.455 e. The fraction of sp³-hybridized carbons (Fsp3) is 0.160. The van der Waals surface area contributed by atoms with Crippen molar-refractivity contribution in [1.82, 2.24) is 0 Å². The van der Waals surface area contributed by atoms with E-state index in [1.807, 2.05) is 18.2 Å². The summed E-state index contributed by atoms with van der Waals surface area (Å²) in [5.41, 5.74) is 0.891. The first-order chi connectivity index (χ1) is 16.4. The fourth-order valence-electron chi connectivity index (χ4n) is 2.71. The quantitative estimate of drug-likeness (QED) is 0.401. The smallest absolute Gasteiger partial charge is 0.319 e. The number of ether oxygens (including phenoxy) is 2. The zero-order valence-corrected chi connectivity index (χ0v) is 19.1. The van der Waals surface area contributed by atoms with Gasteiger partial charge in [-0.2, -0.15) is 0 Å². The highest BCUT2D eigenvalue weighted by atomic mass is 32.2. The summed E-state index contributed by atoms with van der Waals surface area (Å²) < 4.78 is 23.8. The molecule has 2 N–H and O–H groups in total. The zero-order valence-electron chi connectivity index (χ0n) is 18.3. The van der Waals surface area contributed by atoms with Gasteiger partial charge in [-0.1, -0.05) is 30.3 Å². The molecule has 3 aromatic carbocycles. The molecule has 34 heavy (non-hydrogen) atoms. The molecule has 0 aromatic heterocycles. The lowest BCUT2D eigenvalue weighted by Gasteiger charge is -2.13. The normalized spacial score (nSPS) is 11.2. The zero-order chi connectivity index (χ0) is 24.3. The van der Waals surface area contributed by atoms with E-state index in [0.717, 1.165) is 11.8 Å². The Kier molecular flexibility index (Phi) is 9.04. The van der Waals surface area contributed by atoms with E-state index in [9.17, 15) is 18.8 Å². The van der Waals surface area contributed by atoms with E-state index in [-0.39, 0.29) is 11.7 Å². The third-order valence-electron chi connectivity index (χ3n) is 4.40. The van der Waals surface area contributed by atoms with Crippen molar-refractivity contribution in [2.45, 2.75) is 12.2 Å². The van der Waals surface area contributed by atoms with Crippen molar-refractivity contribution in [2.24, 2.45) is 0 Å². The maximum atomic E-state index is 12.9. The Balaban J connectivity index is 1.42. The SMILES string of the molecule is CC(SCC(=O)Nc1ccc(F)cc1)C(=O)OCC(=O)Nc1ccccc1Oc1ccccc1. The number of anilines is 2. The van der Waals surface area contributed by atoms with Crippen LogP contribution >= 0.6 is 11.8 Å². The van der Waals surface area contributed by atoms with Crippen LogP contribution in [0.3, 0.4) is 0 Å². The lowest BCUT2D eigenvalue weighted by atomic mass is 10.3. The second-order valence-corrected chi connectivity index (χ2v) is 8.40. The average molecular weight is 483 g/mol. The first-order valence-electron chi connectivity index (χ1n) is 10.4. The number of halogens is 1. The van der Waals surface area contributed by atoms with Crippen molar-refractivity contribution in [3.05, 3.63) is 84.7 Å². The van der Waals surface area contributed by atoms with Gasteiger partial charge in [0.2, 0.25) is 5.91 Å². The van der Waals surface area contributed by atoms with E-state index < -0.39 is 29.6 Å². The van der Waals surface area contributed by atoms with Gasteiger partial charge in [-0.25, -0.2) is 4.39 Å². The van der Waals surface area contributed by atoms with Crippen molar-refractivity contribution in [2.75, 3.05) is 23.0 Å². The molecule has 0 aliphatic heterocycles. The molecule has 0 radical (unpaired) electrons. The van der Waals surface area contributed by atoms with Gasteiger partial charge in [0, 0.05) is 5.69 Å². The molecule has 0 saturated heterocycles. The number of nitrogens with one attached hydrogen (secondary N) is 2. The number of amides is 2. The molecule has 1 atom stereocenters. The van der Waals surface area contributed by atoms with E-state index in [0.29, 0.717) is 22.9 Å². The lowest BCUT2D eigenvalue weighted by molar-refractivity contribution is -0.146. The summed E-state index contributed by atoms with van der Waals surface area (Å²) in [5.74, 6) is -0.838. The maximum absolute atomic E-state index is 12.9. The van der Waals surface area contributed by atoms with Crippen LogP contribution in [0.2, 0.25) is 0 Å². The maximum Gasteiger partial charge on any atom is 0.319 e. The molecular formula is C25H23FN2O5S. The van der Waals surface area contributed by atoms with Crippen LogP contribution < -0.4 is 15.4 Å². The molecular weight excluding hydrogens is 459 g/mol. The van der Waals surface area contributed by atoms with E-state index in [1.165, 1.54) is 24.3 Å². The third kappa shape index (κ3) is 7.93. The molecule has 2 amide bonds. The number of carbonyl (C=O) groups is 3. The number of esters is 1. The first-order valence-corrected chi connectivity index (χ1v) is 11.4. The Hall–Kier alpha value is -3.85. The molecule has 0 bridgehead atoms. The lowest BCUT2D eigenvalue weighted by Crippen LogP contribution is -2.26. The number of para-hydroxylation sites is 3. The number of rotatable bonds is 10. The monoisotopic (exact) mass is 482 g/mol. The number of carbonyl (C=O) groups excluding carboxylic acids is 3. The van der Waals surface area contributed by atoms with Crippen LogP contribution in [-0.2, 0) is 19.1 Å². The summed E-state index contributed by atoms with van der Waals surface area (Å²) in [6.45, 7) is 1.10. The molecule has 7 nitrogen and oxygen atoms in total. The summed E-state index contributed by atoms with van der Waals surface area (Å²) in [4.78, 5) is 36.5. The Bertz CT molecular complexity index is 1130. The van der Waals surface area contributed by atoms with E-state index in [4.69, 9.17) is 9.47 Å². The van der Waals surface area contributed by atoms with Crippen LogP contribution in [0.25, 0.3) is 0 Å². The number of thioether (sulfide) groups is 1. The van der Waals surface area contributed by atoms with Crippen molar-refractivity contribution in [3.8, 4) is 11.5 Å². The van der Waals surface area contributed by atoms with E-state index in [1.54, 1.807) is 43.3 Å². The molecule has 3 aromatic rings. The van der Waals surface area contributed by atoms with Gasteiger partial charge in [0.05, 0.1) is 11.4 Å². The van der Waals surface area contributed by atoms with Gasteiger partial charge in [-0.3, -0.25) is 14.4 Å². The van der Waals surface area contributed by atoms with Gasteiger partial charge in [0.1, 0.15) is 16.8 Å². The van der Waals surface area contributed by atoms with Gasteiger partial charge in [-0.15, -0.1) is 11.8 Å². The van der Waals surface area contributed by atoms with Crippen LogP contribution in [-0.4, -0.2) is 35.4 Å². The summed E-state index contributed by atoms with van der Waals surface area (Å²) in [6, 6.07) is 21.4. The largest absolute Gasteiger partial charge is 0.455 e.